The summed E-state index contributed by atoms with van der Waals surface area (Å²) in [5, 5.41) is 5.36. The summed E-state index contributed by atoms with van der Waals surface area (Å²) >= 11 is 0. The van der Waals surface area contributed by atoms with E-state index in [0.717, 1.165) is 34.5 Å². The molecule has 1 aliphatic heterocycles. The van der Waals surface area contributed by atoms with Gasteiger partial charge < -0.3 is 9.64 Å². The van der Waals surface area contributed by atoms with Crippen LogP contribution in [-0.2, 0) is 27.5 Å². The van der Waals surface area contributed by atoms with Crippen LogP contribution < -0.4 is 10.0 Å². The van der Waals surface area contributed by atoms with Gasteiger partial charge in [0, 0.05) is 24.3 Å². The number of sulfonamides is 1. The number of halogens is 3. The molecule has 1 heterocycles. The van der Waals surface area contributed by atoms with Crippen LogP contribution in [0, 0.1) is 6.92 Å². The molecule has 1 fully saturated rings. The molecule has 3 aromatic rings. The molecule has 1 aliphatic rings. The van der Waals surface area contributed by atoms with Gasteiger partial charge in [-0.05, 0) is 48.4 Å². The van der Waals surface area contributed by atoms with Crippen LogP contribution in [0.25, 0.3) is 11.1 Å². The van der Waals surface area contributed by atoms with E-state index in [2.05, 4.69) is 0 Å². The summed E-state index contributed by atoms with van der Waals surface area (Å²) in [6.07, 6.45) is -4.36. The molecule has 5 nitrogen and oxygen atoms in total. The first-order chi connectivity index (χ1) is 15.5. The molecule has 2 N–H and O–H groups in total. The molecule has 0 spiro atoms. The zero-order valence-corrected chi connectivity index (χ0v) is 18.7. The number of primary sulfonamides is 1. The van der Waals surface area contributed by atoms with Crippen molar-refractivity contribution in [2.24, 2.45) is 5.14 Å². The van der Waals surface area contributed by atoms with Crippen molar-refractivity contribution in [3.05, 3.63) is 83.4 Å². The van der Waals surface area contributed by atoms with Gasteiger partial charge in [0.05, 0.1) is 23.2 Å². The maximum atomic E-state index is 12.7. The summed E-state index contributed by atoms with van der Waals surface area (Å²) in [5.74, 6) is 0. The number of alkyl halides is 3. The molecule has 0 aromatic heterocycles. The van der Waals surface area contributed by atoms with Crippen molar-refractivity contribution >= 4 is 15.7 Å². The summed E-state index contributed by atoms with van der Waals surface area (Å²) in [5.41, 5.74) is 3.21. The molecule has 1 saturated heterocycles. The second kappa shape index (κ2) is 8.81. The fourth-order valence-corrected chi connectivity index (χ4v) is 4.47. The standard InChI is InChI=1S/C24H23F3N2O3S/c1-16-2-11-23(33(28,30)31)22(12-16)18-5-3-17(4-6-18)15-32-21-13-29(14-21)20-9-7-19(8-10-20)24(25,26)27/h2-12,21H,13-15H2,1H3,(H2,28,30,31). The number of nitrogens with zero attached hydrogens (tertiary/aromatic N) is 1. The highest BCUT2D eigenvalue weighted by Gasteiger charge is 2.32. The highest BCUT2D eigenvalue weighted by molar-refractivity contribution is 7.89. The molecule has 0 amide bonds. The van der Waals surface area contributed by atoms with Crippen molar-refractivity contribution in [3.8, 4) is 11.1 Å². The Morgan fingerprint density at radius 2 is 1.64 bits per heavy atom. The zero-order valence-electron chi connectivity index (χ0n) is 17.8. The van der Waals surface area contributed by atoms with E-state index in [9.17, 15) is 21.6 Å². The van der Waals surface area contributed by atoms with Gasteiger partial charge in [-0.25, -0.2) is 13.6 Å². The topological polar surface area (TPSA) is 72.6 Å². The van der Waals surface area contributed by atoms with Gasteiger partial charge in [-0.2, -0.15) is 13.2 Å². The Bertz CT molecular complexity index is 1240. The molecule has 0 bridgehead atoms. The van der Waals surface area contributed by atoms with Gasteiger partial charge in [0.15, 0.2) is 0 Å². The average Bonchev–Trinajstić information content (AvgIpc) is 2.72. The normalized spacial score (nSPS) is 14.9. The molecule has 0 radical (unpaired) electrons. The third-order valence-corrected chi connectivity index (χ3v) is 6.57. The van der Waals surface area contributed by atoms with Crippen molar-refractivity contribution in [1.82, 2.24) is 0 Å². The number of aryl methyl sites for hydroxylation is 1. The fraction of sp³-hybridized carbons (Fsp3) is 0.250. The second-order valence-corrected chi connectivity index (χ2v) is 9.65. The monoisotopic (exact) mass is 476 g/mol. The number of rotatable bonds is 6. The van der Waals surface area contributed by atoms with Crippen molar-refractivity contribution in [3.63, 3.8) is 0 Å². The van der Waals surface area contributed by atoms with E-state index in [0.29, 0.717) is 25.3 Å². The lowest BCUT2D eigenvalue weighted by Crippen LogP contribution is -2.52. The Morgan fingerprint density at radius 3 is 2.21 bits per heavy atom. The van der Waals surface area contributed by atoms with Crippen molar-refractivity contribution in [2.45, 2.75) is 30.7 Å². The molecular weight excluding hydrogens is 453 g/mol. The van der Waals surface area contributed by atoms with Gasteiger partial charge in [0.1, 0.15) is 0 Å². The molecule has 0 atom stereocenters. The number of hydrogen-bond acceptors (Lipinski definition) is 4. The largest absolute Gasteiger partial charge is 0.416 e. The molecule has 3 aromatic carbocycles. The van der Waals surface area contributed by atoms with E-state index in [4.69, 9.17) is 9.88 Å². The predicted octanol–water partition coefficient (Wildman–Crippen LogP) is 4.73. The van der Waals surface area contributed by atoms with Crippen LogP contribution >= 0.6 is 0 Å². The average molecular weight is 477 g/mol. The van der Waals surface area contributed by atoms with Crippen LogP contribution in [0.2, 0.25) is 0 Å². The van der Waals surface area contributed by atoms with Crippen molar-refractivity contribution in [1.29, 1.82) is 0 Å². The first kappa shape index (κ1) is 23.3. The predicted molar refractivity (Wildman–Crippen MR) is 120 cm³/mol. The molecule has 33 heavy (non-hydrogen) atoms. The van der Waals surface area contributed by atoms with Crippen LogP contribution in [0.4, 0.5) is 18.9 Å². The van der Waals surface area contributed by atoms with E-state index in [-0.39, 0.29) is 11.0 Å². The zero-order chi connectivity index (χ0) is 23.8. The number of benzene rings is 3. The minimum absolute atomic E-state index is 0.0160. The van der Waals surface area contributed by atoms with E-state index < -0.39 is 21.8 Å². The molecule has 174 valence electrons. The van der Waals surface area contributed by atoms with Gasteiger partial charge in [-0.1, -0.05) is 42.0 Å². The number of anilines is 1. The van der Waals surface area contributed by atoms with E-state index in [1.807, 2.05) is 36.1 Å². The van der Waals surface area contributed by atoms with E-state index in [1.165, 1.54) is 18.2 Å². The highest BCUT2D eigenvalue weighted by atomic mass is 32.2. The SMILES string of the molecule is Cc1ccc(S(N)(=O)=O)c(-c2ccc(COC3CN(c4ccc(C(F)(F)F)cc4)C3)cc2)c1. The maximum Gasteiger partial charge on any atom is 0.416 e. The van der Waals surface area contributed by atoms with Crippen LogP contribution in [0.15, 0.2) is 71.6 Å². The first-order valence-electron chi connectivity index (χ1n) is 10.3. The third kappa shape index (κ3) is 5.38. The smallest absolute Gasteiger partial charge is 0.370 e. The molecular formula is C24H23F3N2O3S. The molecule has 0 saturated carbocycles. The van der Waals surface area contributed by atoms with Gasteiger partial charge >= 0.3 is 6.18 Å². The fourth-order valence-electron chi connectivity index (χ4n) is 3.73. The van der Waals surface area contributed by atoms with Gasteiger partial charge in [0.25, 0.3) is 0 Å². The Labute approximate surface area is 190 Å². The minimum Gasteiger partial charge on any atom is -0.370 e. The number of nitrogens with two attached hydrogens (primary N) is 1. The van der Waals surface area contributed by atoms with E-state index in [1.54, 1.807) is 12.1 Å². The maximum absolute atomic E-state index is 12.7. The van der Waals surface area contributed by atoms with Crippen LogP contribution in [0.1, 0.15) is 16.7 Å². The number of hydrogen-bond donors (Lipinski definition) is 1. The summed E-state index contributed by atoms with van der Waals surface area (Å²) in [7, 11) is -3.85. The van der Waals surface area contributed by atoms with Crippen molar-refractivity contribution < 1.29 is 26.3 Å². The first-order valence-corrected chi connectivity index (χ1v) is 11.8. The molecule has 0 aliphatic carbocycles. The van der Waals surface area contributed by atoms with Gasteiger partial charge in [0.2, 0.25) is 10.0 Å². The Morgan fingerprint density at radius 1 is 1.00 bits per heavy atom. The summed E-state index contributed by atoms with van der Waals surface area (Å²) < 4.78 is 67.8. The molecule has 0 unspecified atom stereocenters. The van der Waals surface area contributed by atoms with Crippen LogP contribution in [0.5, 0.6) is 0 Å². The van der Waals surface area contributed by atoms with Crippen LogP contribution in [-0.4, -0.2) is 27.6 Å². The highest BCUT2D eigenvalue weighted by Crippen LogP contribution is 2.32. The summed E-state index contributed by atoms with van der Waals surface area (Å²) in [4.78, 5) is 2.04. The third-order valence-electron chi connectivity index (χ3n) is 5.60. The second-order valence-electron chi connectivity index (χ2n) is 8.12. The summed E-state index contributed by atoms with van der Waals surface area (Å²) in [6.45, 7) is 3.46. The van der Waals surface area contributed by atoms with Gasteiger partial charge in [-0.3, -0.25) is 0 Å². The van der Waals surface area contributed by atoms with Gasteiger partial charge in [-0.15, -0.1) is 0 Å². The van der Waals surface area contributed by atoms with E-state index >= 15 is 0 Å². The lowest BCUT2D eigenvalue weighted by Gasteiger charge is -2.40. The Kier molecular flexibility index (Phi) is 6.22. The summed E-state index contributed by atoms with van der Waals surface area (Å²) in [6, 6.07) is 17.5. The number of ether oxygens (including phenoxy) is 1. The molecule has 4 rings (SSSR count). The lowest BCUT2D eigenvalue weighted by atomic mass is 10.0. The lowest BCUT2D eigenvalue weighted by molar-refractivity contribution is -0.137. The Hall–Kier alpha value is -2.88. The minimum atomic E-state index is -4.34. The van der Waals surface area contributed by atoms with Crippen LogP contribution in [0.3, 0.4) is 0 Å². The molecule has 9 heteroatoms. The quantitative estimate of drug-likeness (QED) is 0.558. The Balaban J connectivity index is 1.34. The van der Waals surface area contributed by atoms with Crippen molar-refractivity contribution in [2.75, 3.05) is 18.0 Å².